The first-order valence-electron chi connectivity index (χ1n) is 8.27. The van der Waals surface area contributed by atoms with Crippen molar-refractivity contribution in [2.75, 3.05) is 24.7 Å². The largest absolute Gasteiger partial charge is 0.377 e. The molecule has 3 nitrogen and oxygen atoms in total. The summed E-state index contributed by atoms with van der Waals surface area (Å²) < 4.78 is 0. The maximum Gasteiger partial charge on any atom is 0.234 e. The summed E-state index contributed by atoms with van der Waals surface area (Å²) in [6, 6.07) is 17.0. The highest BCUT2D eigenvalue weighted by molar-refractivity contribution is 8.00. The molecule has 5 heteroatoms. The highest BCUT2D eigenvalue weighted by atomic mass is 32.2. The molecule has 1 atom stereocenters. The number of carbonyl (C=O) groups is 1. The van der Waals surface area contributed by atoms with E-state index in [1.807, 2.05) is 11.0 Å². The molecule has 128 valence electrons. The number of fused-ring (bicyclic) bond motifs is 1. The molecule has 1 amide bonds. The van der Waals surface area contributed by atoms with Crippen LogP contribution in [-0.2, 0) is 11.3 Å². The van der Waals surface area contributed by atoms with Gasteiger partial charge in [0.05, 0.1) is 12.3 Å². The Morgan fingerprint density at radius 3 is 2.60 bits per heavy atom. The molecule has 25 heavy (non-hydrogen) atoms. The molecule has 3 aromatic rings. The molecule has 1 saturated heterocycles. The number of anilines is 1. The van der Waals surface area contributed by atoms with Crippen molar-refractivity contribution in [3.63, 3.8) is 0 Å². The van der Waals surface area contributed by atoms with Crippen molar-refractivity contribution in [2.45, 2.75) is 11.9 Å². The first-order chi connectivity index (χ1) is 12.1. The monoisotopic (exact) mass is 368 g/mol. The average molecular weight is 369 g/mol. The molecule has 4 rings (SSSR count). The van der Waals surface area contributed by atoms with Crippen LogP contribution in [0.3, 0.4) is 0 Å². The van der Waals surface area contributed by atoms with Gasteiger partial charge in [0.25, 0.3) is 0 Å². The molecule has 1 aliphatic heterocycles. The van der Waals surface area contributed by atoms with E-state index in [1.165, 1.54) is 26.9 Å². The van der Waals surface area contributed by atoms with Crippen LogP contribution in [0.1, 0.15) is 15.8 Å². The lowest BCUT2D eigenvalue weighted by Crippen LogP contribution is -2.27. The molecule has 0 spiro atoms. The molecule has 2 heterocycles. The van der Waals surface area contributed by atoms with Crippen LogP contribution in [0.4, 0.5) is 5.69 Å². The minimum Gasteiger partial charge on any atom is -0.377 e. The summed E-state index contributed by atoms with van der Waals surface area (Å²) >= 11 is 3.44. The van der Waals surface area contributed by atoms with Gasteiger partial charge in [0.1, 0.15) is 5.37 Å². The van der Waals surface area contributed by atoms with Crippen molar-refractivity contribution in [3.05, 3.63) is 64.4 Å². The number of rotatable bonds is 4. The Balaban J connectivity index is 1.78. The van der Waals surface area contributed by atoms with Gasteiger partial charge in [-0.1, -0.05) is 36.4 Å². The summed E-state index contributed by atoms with van der Waals surface area (Å²) in [6.07, 6.45) is 0. The van der Waals surface area contributed by atoms with Gasteiger partial charge in [-0.15, -0.1) is 23.1 Å². The molecule has 0 radical (unpaired) electrons. The lowest BCUT2D eigenvalue weighted by molar-refractivity contribution is -0.128. The van der Waals surface area contributed by atoms with Gasteiger partial charge in [0.15, 0.2) is 0 Å². The minimum absolute atomic E-state index is 0.0794. The van der Waals surface area contributed by atoms with Gasteiger partial charge in [0, 0.05) is 30.0 Å². The number of hydrogen-bond donors (Lipinski definition) is 0. The van der Waals surface area contributed by atoms with E-state index in [9.17, 15) is 4.79 Å². The van der Waals surface area contributed by atoms with E-state index in [0.717, 1.165) is 0 Å². The maximum absolute atomic E-state index is 12.5. The second-order valence-corrected chi connectivity index (χ2v) is 8.48. The molecule has 1 aliphatic rings. The Kier molecular flexibility index (Phi) is 4.44. The van der Waals surface area contributed by atoms with E-state index in [4.69, 9.17) is 0 Å². The molecule has 0 N–H and O–H groups in total. The zero-order valence-electron chi connectivity index (χ0n) is 14.3. The van der Waals surface area contributed by atoms with E-state index in [-0.39, 0.29) is 11.3 Å². The van der Waals surface area contributed by atoms with E-state index >= 15 is 0 Å². The fraction of sp³-hybridized carbons (Fsp3) is 0.250. The van der Waals surface area contributed by atoms with Gasteiger partial charge in [-0.2, -0.15) is 0 Å². The summed E-state index contributed by atoms with van der Waals surface area (Å²) in [7, 11) is 4.14. The van der Waals surface area contributed by atoms with Crippen molar-refractivity contribution in [1.82, 2.24) is 4.90 Å². The van der Waals surface area contributed by atoms with Crippen LogP contribution in [0.15, 0.2) is 53.9 Å². The third-order valence-corrected chi connectivity index (χ3v) is 6.66. The van der Waals surface area contributed by atoms with Crippen LogP contribution in [0, 0.1) is 0 Å². The Bertz CT molecular complexity index is 905. The summed E-state index contributed by atoms with van der Waals surface area (Å²) in [6.45, 7) is 0.692. The predicted molar refractivity (Wildman–Crippen MR) is 108 cm³/mol. The second-order valence-electron chi connectivity index (χ2n) is 6.38. The number of hydrogen-bond acceptors (Lipinski definition) is 4. The summed E-state index contributed by atoms with van der Waals surface area (Å²) in [5.74, 6) is 0.781. The predicted octanol–water partition coefficient (Wildman–Crippen LogP) is 4.74. The van der Waals surface area contributed by atoms with E-state index in [1.54, 1.807) is 23.1 Å². The number of nitrogens with zero attached hydrogens (tertiary/aromatic N) is 2. The van der Waals surface area contributed by atoms with Gasteiger partial charge in [-0.3, -0.25) is 4.79 Å². The molecular weight excluding hydrogens is 348 g/mol. The Hall–Kier alpha value is -1.98. The summed E-state index contributed by atoms with van der Waals surface area (Å²) in [5, 5.41) is 4.62. The van der Waals surface area contributed by atoms with Crippen LogP contribution in [0.2, 0.25) is 0 Å². The second kappa shape index (κ2) is 6.73. The van der Waals surface area contributed by atoms with Crippen LogP contribution in [-0.4, -0.2) is 30.7 Å². The van der Waals surface area contributed by atoms with Crippen molar-refractivity contribution >= 4 is 45.5 Å². The molecule has 2 aromatic carbocycles. The summed E-state index contributed by atoms with van der Waals surface area (Å²) in [5.41, 5.74) is 2.44. The Morgan fingerprint density at radius 1 is 1.08 bits per heavy atom. The Labute approximate surface area is 156 Å². The topological polar surface area (TPSA) is 23.6 Å². The van der Waals surface area contributed by atoms with E-state index < -0.39 is 0 Å². The van der Waals surface area contributed by atoms with Gasteiger partial charge in [-0.05, 0) is 28.5 Å². The molecule has 0 aliphatic carbocycles. The lowest BCUT2D eigenvalue weighted by Gasteiger charge is -2.26. The van der Waals surface area contributed by atoms with Gasteiger partial charge in [0.2, 0.25) is 5.91 Å². The molecule has 1 unspecified atom stereocenters. The van der Waals surface area contributed by atoms with Gasteiger partial charge >= 0.3 is 0 Å². The highest BCUT2D eigenvalue weighted by Crippen LogP contribution is 2.43. The van der Waals surface area contributed by atoms with Crippen LogP contribution in [0.5, 0.6) is 0 Å². The smallest absolute Gasteiger partial charge is 0.234 e. The Morgan fingerprint density at radius 2 is 1.88 bits per heavy atom. The molecule has 0 bridgehead atoms. The van der Waals surface area contributed by atoms with Gasteiger partial charge < -0.3 is 9.80 Å². The third-order valence-electron chi connectivity index (χ3n) is 4.56. The summed E-state index contributed by atoms with van der Waals surface area (Å²) in [4.78, 5) is 17.9. The minimum atomic E-state index is 0.0794. The quantitative estimate of drug-likeness (QED) is 0.664. The fourth-order valence-corrected chi connectivity index (χ4v) is 5.29. The molecule has 1 fully saturated rings. The van der Waals surface area contributed by atoms with Gasteiger partial charge in [-0.25, -0.2) is 0 Å². The van der Waals surface area contributed by atoms with Crippen molar-refractivity contribution in [2.24, 2.45) is 0 Å². The van der Waals surface area contributed by atoms with Crippen molar-refractivity contribution in [3.8, 4) is 0 Å². The number of amides is 1. The van der Waals surface area contributed by atoms with E-state index in [2.05, 4.69) is 66.8 Å². The lowest BCUT2D eigenvalue weighted by atomic mass is 10.0. The fourth-order valence-electron chi connectivity index (χ4n) is 3.36. The highest BCUT2D eigenvalue weighted by Gasteiger charge is 2.34. The molecule has 0 saturated carbocycles. The molecular formula is C20H20N2OS2. The maximum atomic E-state index is 12.5. The van der Waals surface area contributed by atoms with Crippen molar-refractivity contribution < 1.29 is 4.79 Å². The zero-order chi connectivity index (χ0) is 17.4. The van der Waals surface area contributed by atoms with Crippen LogP contribution >= 0.6 is 23.1 Å². The number of benzene rings is 2. The zero-order valence-corrected chi connectivity index (χ0v) is 15.9. The number of thiophene rings is 1. The normalized spacial score (nSPS) is 17.4. The number of thioether (sulfide) groups is 1. The van der Waals surface area contributed by atoms with Crippen LogP contribution < -0.4 is 4.90 Å². The third kappa shape index (κ3) is 3.02. The standard InChI is InChI=1S/C20H20N2OS2/c1-21(2)18-10-9-17(15-7-3-4-8-16(15)18)20-22(19(23)13-25-20)12-14-6-5-11-24-14/h3-11,20H,12-13H2,1-2H3. The first-order valence-corrected chi connectivity index (χ1v) is 10.2. The average Bonchev–Trinajstić information content (AvgIpc) is 3.25. The SMILES string of the molecule is CN(C)c1ccc(C2SCC(=O)N2Cc2cccs2)c2ccccc12. The van der Waals surface area contributed by atoms with Crippen molar-refractivity contribution in [1.29, 1.82) is 0 Å². The van der Waals surface area contributed by atoms with E-state index in [0.29, 0.717) is 12.3 Å². The first kappa shape index (κ1) is 16.5. The molecule has 1 aromatic heterocycles. The van der Waals surface area contributed by atoms with Crippen LogP contribution in [0.25, 0.3) is 10.8 Å². The number of carbonyl (C=O) groups excluding carboxylic acids is 1.